The lowest BCUT2D eigenvalue weighted by atomic mass is 10.0. The minimum Gasteiger partial charge on any atom is -0.334 e. The number of aromatic nitrogens is 1. The molecule has 4 heteroatoms. The number of likely N-dealkylation sites (tertiary alicyclic amines) is 1. The van der Waals surface area contributed by atoms with E-state index >= 15 is 0 Å². The average Bonchev–Trinajstić information content (AvgIpc) is 3.09. The molecule has 1 aromatic heterocycles. The lowest BCUT2D eigenvalue weighted by molar-refractivity contribution is 0.0739. The standard InChI is InChI=1S/C16H17N3O/c20-16(19-8-6-11-9-17-10-15(11)19)13-3-1-5-14-12(13)4-2-7-18-14/h1-5,7,11,15,17H,6,8-10H2/t11-,15+/m0/s1. The molecule has 4 nitrogen and oxygen atoms in total. The number of fused-ring (bicyclic) bond motifs is 2. The van der Waals surface area contributed by atoms with Crippen molar-refractivity contribution < 1.29 is 4.79 Å². The van der Waals surface area contributed by atoms with Gasteiger partial charge in [0.2, 0.25) is 0 Å². The number of carbonyl (C=O) groups excluding carboxylic acids is 1. The summed E-state index contributed by atoms with van der Waals surface area (Å²) in [4.78, 5) is 19.3. The van der Waals surface area contributed by atoms with Crippen LogP contribution in [0.3, 0.4) is 0 Å². The first kappa shape index (κ1) is 11.9. The molecule has 0 unspecified atom stereocenters. The van der Waals surface area contributed by atoms with Crippen LogP contribution in [0.15, 0.2) is 36.5 Å². The molecule has 0 saturated carbocycles. The molecular weight excluding hydrogens is 250 g/mol. The first-order valence-corrected chi connectivity index (χ1v) is 7.20. The zero-order valence-corrected chi connectivity index (χ0v) is 11.2. The van der Waals surface area contributed by atoms with Gasteiger partial charge in [-0.2, -0.15) is 0 Å². The summed E-state index contributed by atoms with van der Waals surface area (Å²) < 4.78 is 0. The lowest BCUT2D eigenvalue weighted by Gasteiger charge is -2.24. The van der Waals surface area contributed by atoms with Crippen molar-refractivity contribution in [2.75, 3.05) is 19.6 Å². The molecule has 0 aliphatic carbocycles. The summed E-state index contributed by atoms with van der Waals surface area (Å²) in [5, 5.41) is 4.34. The van der Waals surface area contributed by atoms with Crippen molar-refractivity contribution in [3.63, 3.8) is 0 Å². The molecule has 2 aromatic rings. The monoisotopic (exact) mass is 267 g/mol. The molecule has 2 aliphatic rings. The maximum Gasteiger partial charge on any atom is 0.254 e. The predicted octanol–water partition coefficient (Wildman–Crippen LogP) is 1.67. The molecule has 3 heterocycles. The number of carbonyl (C=O) groups is 1. The van der Waals surface area contributed by atoms with Crippen LogP contribution in [-0.2, 0) is 0 Å². The summed E-state index contributed by atoms with van der Waals surface area (Å²) in [5.74, 6) is 0.784. The smallest absolute Gasteiger partial charge is 0.254 e. The van der Waals surface area contributed by atoms with Crippen molar-refractivity contribution in [2.24, 2.45) is 5.92 Å². The summed E-state index contributed by atoms with van der Waals surface area (Å²) >= 11 is 0. The topological polar surface area (TPSA) is 45.2 Å². The Labute approximate surface area is 117 Å². The zero-order valence-electron chi connectivity index (χ0n) is 11.2. The van der Waals surface area contributed by atoms with E-state index in [9.17, 15) is 4.79 Å². The molecule has 0 radical (unpaired) electrons. The number of hydrogen-bond acceptors (Lipinski definition) is 3. The van der Waals surface area contributed by atoms with Crippen LogP contribution in [0, 0.1) is 5.92 Å². The molecule has 2 saturated heterocycles. The van der Waals surface area contributed by atoms with Crippen LogP contribution in [0.4, 0.5) is 0 Å². The van der Waals surface area contributed by atoms with E-state index in [0.29, 0.717) is 12.0 Å². The second-order valence-corrected chi connectivity index (χ2v) is 5.65. The fourth-order valence-electron chi connectivity index (χ4n) is 3.55. The first-order chi connectivity index (χ1) is 9.84. The third-order valence-electron chi connectivity index (χ3n) is 4.58. The molecule has 2 atom stereocenters. The Morgan fingerprint density at radius 1 is 1.25 bits per heavy atom. The third kappa shape index (κ3) is 1.72. The highest BCUT2D eigenvalue weighted by atomic mass is 16.2. The van der Waals surface area contributed by atoms with E-state index in [-0.39, 0.29) is 5.91 Å². The van der Waals surface area contributed by atoms with Crippen LogP contribution in [0.1, 0.15) is 16.8 Å². The van der Waals surface area contributed by atoms with Gasteiger partial charge in [-0.1, -0.05) is 12.1 Å². The van der Waals surface area contributed by atoms with Crippen molar-refractivity contribution >= 4 is 16.8 Å². The molecule has 20 heavy (non-hydrogen) atoms. The van der Waals surface area contributed by atoms with Gasteiger partial charge in [0.1, 0.15) is 0 Å². The molecule has 1 amide bonds. The fourth-order valence-corrected chi connectivity index (χ4v) is 3.55. The molecule has 2 aliphatic heterocycles. The SMILES string of the molecule is O=C(c1cccc2ncccc12)N1CC[C@H]2CNC[C@H]21. The van der Waals surface area contributed by atoms with Gasteiger partial charge < -0.3 is 10.2 Å². The number of hydrogen-bond donors (Lipinski definition) is 1. The van der Waals surface area contributed by atoms with Gasteiger partial charge in [0.05, 0.1) is 5.52 Å². The van der Waals surface area contributed by atoms with E-state index in [2.05, 4.69) is 10.3 Å². The molecule has 2 fully saturated rings. The Kier molecular flexibility index (Phi) is 2.70. The number of amides is 1. The maximum atomic E-state index is 12.9. The van der Waals surface area contributed by atoms with Crippen molar-refractivity contribution in [2.45, 2.75) is 12.5 Å². The van der Waals surface area contributed by atoms with E-state index in [0.717, 1.165) is 42.5 Å². The Morgan fingerprint density at radius 3 is 3.15 bits per heavy atom. The van der Waals surface area contributed by atoms with Gasteiger partial charge in [0, 0.05) is 42.8 Å². The number of rotatable bonds is 1. The Hall–Kier alpha value is -1.94. The second kappa shape index (κ2) is 4.56. The van der Waals surface area contributed by atoms with Crippen LogP contribution < -0.4 is 5.32 Å². The van der Waals surface area contributed by atoms with E-state index < -0.39 is 0 Å². The van der Waals surface area contributed by atoms with Gasteiger partial charge in [0.15, 0.2) is 0 Å². The Bertz CT molecular complexity index is 664. The number of pyridine rings is 1. The van der Waals surface area contributed by atoms with E-state index in [1.54, 1.807) is 6.20 Å². The molecule has 102 valence electrons. The number of benzene rings is 1. The quantitative estimate of drug-likeness (QED) is 0.855. The van der Waals surface area contributed by atoms with E-state index in [1.807, 2.05) is 35.2 Å². The summed E-state index contributed by atoms with van der Waals surface area (Å²) in [5.41, 5.74) is 1.67. The molecule has 1 N–H and O–H groups in total. The zero-order chi connectivity index (χ0) is 13.5. The van der Waals surface area contributed by atoms with Gasteiger partial charge in [-0.05, 0) is 30.5 Å². The highest BCUT2D eigenvalue weighted by molar-refractivity contribution is 6.06. The van der Waals surface area contributed by atoms with Crippen LogP contribution in [0.25, 0.3) is 10.9 Å². The molecular formula is C16H17N3O. The van der Waals surface area contributed by atoms with Crippen LogP contribution in [0.2, 0.25) is 0 Å². The maximum absolute atomic E-state index is 12.9. The van der Waals surface area contributed by atoms with Gasteiger partial charge >= 0.3 is 0 Å². The largest absolute Gasteiger partial charge is 0.334 e. The van der Waals surface area contributed by atoms with Crippen LogP contribution in [-0.4, -0.2) is 41.5 Å². The molecule has 1 aromatic carbocycles. The lowest BCUT2D eigenvalue weighted by Crippen LogP contribution is -2.39. The number of nitrogens with zero attached hydrogens (tertiary/aromatic N) is 2. The second-order valence-electron chi connectivity index (χ2n) is 5.65. The summed E-state index contributed by atoms with van der Waals surface area (Å²) in [6.45, 7) is 2.86. The van der Waals surface area contributed by atoms with Crippen molar-refractivity contribution in [3.8, 4) is 0 Å². The Morgan fingerprint density at radius 2 is 2.20 bits per heavy atom. The fraction of sp³-hybridized carbons (Fsp3) is 0.375. The van der Waals surface area contributed by atoms with Crippen LogP contribution >= 0.6 is 0 Å². The van der Waals surface area contributed by atoms with Crippen molar-refractivity contribution in [1.29, 1.82) is 0 Å². The molecule has 0 bridgehead atoms. The Balaban J connectivity index is 1.74. The predicted molar refractivity (Wildman–Crippen MR) is 77.5 cm³/mol. The van der Waals surface area contributed by atoms with Gasteiger partial charge in [-0.15, -0.1) is 0 Å². The van der Waals surface area contributed by atoms with E-state index in [4.69, 9.17) is 0 Å². The van der Waals surface area contributed by atoms with Gasteiger partial charge in [-0.25, -0.2) is 0 Å². The molecule has 0 spiro atoms. The van der Waals surface area contributed by atoms with Crippen LogP contribution in [0.5, 0.6) is 0 Å². The van der Waals surface area contributed by atoms with Gasteiger partial charge in [0.25, 0.3) is 5.91 Å². The summed E-state index contributed by atoms with van der Waals surface area (Å²) in [7, 11) is 0. The number of nitrogens with one attached hydrogen (secondary N) is 1. The highest BCUT2D eigenvalue weighted by Crippen LogP contribution is 2.29. The third-order valence-corrected chi connectivity index (χ3v) is 4.58. The van der Waals surface area contributed by atoms with Gasteiger partial charge in [-0.3, -0.25) is 9.78 Å². The summed E-state index contributed by atoms with van der Waals surface area (Å²) in [6, 6.07) is 10.0. The highest BCUT2D eigenvalue weighted by Gasteiger charge is 2.40. The van der Waals surface area contributed by atoms with E-state index in [1.165, 1.54) is 0 Å². The first-order valence-electron chi connectivity index (χ1n) is 7.20. The average molecular weight is 267 g/mol. The summed E-state index contributed by atoms with van der Waals surface area (Å²) in [6.07, 6.45) is 2.88. The minimum absolute atomic E-state index is 0.153. The van der Waals surface area contributed by atoms with Crippen molar-refractivity contribution in [1.82, 2.24) is 15.2 Å². The normalized spacial score (nSPS) is 25.1. The molecule has 4 rings (SSSR count). The van der Waals surface area contributed by atoms with Crippen molar-refractivity contribution in [3.05, 3.63) is 42.1 Å². The minimum atomic E-state index is 0.153.